The number of aromatic nitrogens is 2. The Balaban J connectivity index is 2.17. The molecule has 1 aromatic rings. The third kappa shape index (κ3) is 0.922. The summed E-state index contributed by atoms with van der Waals surface area (Å²) in [6.07, 6.45) is 3.09. The van der Waals surface area contributed by atoms with Crippen LogP contribution in [0.15, 0.2) is 18.9 Å². The molecule has 0 saturated carbocycles. The van der Waals surface area contributed by atoms with Crippen LogP contribution in [0.2, 0.25) is 0 Å². The second-order valence-corrected chi connectivity index (χ2v) is 2.77. The van der Waals surface area contributed by atoms with E-state index in [1.807, 2.05) is 0 Å². The molecular formula is C8H9N3O. The molecule has 0 fully saturated rings. The minimum atomic E-state index is -0.0281. The van der Waals surface area contributed by atoms with Crippen molar-refractivity contribution in [2.45, 2.75) is 13.1 Å². The lowest BCUT2D eigenvalue weighted by atomic mass is 10.3. The number of aromatic amines is 1. The zero-order valence-electron chi connectivity index (χ0n) is 6.58. The van der Waals surface area contributed by atoms with Crippen LogP contribution >= 0.6 is 0 Å². The van der Waals surface area contributed by atoms with Crippen LogP contribution < -0.4 is 0 Å². The van der Waals surface area contributed by atoms with Crippen molar-refractivity contribution in [1.82, 2.24) is 15.1 Å². The van der Waals surface area contributed by atoms with E-state index in [0.717, 1.165) is 11.3 Å². The molecule has 2 rings (SSSR count). The van der Waals surface area contributed by atoms with Crippen molar-refractivity contribution in [2.24, 2.45) is 0 Å². The van der Waals surface area contributed by atoms with Gasteiger partial charge in [-0.2, -0.15) is 5.10 Å². The van der Waals surface area contributed by atoms with E-state index < -0.39 is 0 Å². The number of hydrogen-bond acceptors (Lipinski definition) is 2. The number of rotatable bonds is 1. The number of H-pyrrole nitrogens is 1. The summed E-state index contributed by atoms with van der Waals surface area (Å²) in [6, 6.07) is 0. The van der Waals surface area contributed by atoms with E-state index in [9.17, 15) is 4.79 Å². The predicted molar refractivity (Wildman–Crippen MR) is 43.0 cm³/mol. The summed E-state index contributed by atoms with van der Waals surface area (Å²) >= 11 is 0. The predicted octanol–water partition coefficient (Wildman–Crippen LogP) is 0.438. The Morgan fingerprint density at radius 2 is 2.58 bits per heavy atom. The van der Waals surface area contributed by atoms with E-state index in [1.165, 1.54) is 6.08 Å². The summed E-state index contributed by atoms with van der Waals surface area (Å²) in [5.74, 6) is -0.0281. The summed E-state index contributed by atoms with van der Waals surface area (Å²) in [5.41, 5.74) is 2.13. The maximum Gasteiger partial charge on any atom is 0.246 e. The van der Waals surface area contributed by atoms with E-state index in [0.29, 0.717) is 13.1 Å². The second-order valence-electron chi connectivity index (χ2n) is 2.77. The Kier molecular flexibility index (Phi) is 1.46. The van der Waals surface area contributed by atoms with Gasteiger partial charge in [0.25, 0.3) is 0 Å². The SMILES string of the molecule is C=CC(=O)N1Cc2cn[nH]c2C1. The Labute approximate surface area is 69.9 Å². The number of nitrogens with zero attached hydrogens (tertiary/aromatic N) is 2. The second kappa shape index (κ2) is 2.48. The molecule has 2 heterocycles. The van der Waals surface area contributed by atoms with Gasteiger partial charge in [0.15, 0.2) is 0 Å². The molecule has 0 aliphatic carbocycles. The van der Waals surface area contributed by atoms with Gasteiger partial charge in [-0.25, -0.2) is 0 Å². The van der Waals surface area contributed by atoms with E-state index >= 15 is 0 Å². The highest BCUT2D eigenvalue weighted by molar-refractivity contribution is 5.87. The lowest BCUT2D eigenvalue weighted by Crippen LogP contribution is -2.23. The van der Waals surface area contributed by atoms with Crippen LogP contribution in [0.5, 0.6) is 0 Å². The molecule has 0 saturated heterocycles. The zero-order chi connectivity index (χ0) is 8.55. The minimum Gasteiger partial charge on any atom is -0.329 e. The van der Waals surface area contributed by atoms with Gasteiger partial charge in [-0.3, -0.25) is 9.89 Å². The fraction of sp³-hybridized carbons (Fsp3) is 0.250. The molecule has 12 heavy (non-hydrogen) atoms. The first-order chi connectivity index (χ1) is 5.81. The number of amides is 1. The van der Waals surface area contributed by atoms with Gasteiger partial charge in [0.2, 0.25) is 5.91 Å². The van der Waals surface area contributed by atoms with Gasteiger partial charge in [0.1, 0.15) is 0 Å². The molecule has 1 aromatic heterocycles. The molecule has 1 aliphatic rings. The Hall–Kier alpha value is -1.58. The molecule has 0 radical (unpaired) electrons. The highest BCUT2D eigenvalue weighted by Crippen LogP contribution is 2.19. The average molecular weight is 163 g/mol. The Bertz CT molecular complexity index is 308. The molecule has 62 valence electrons. The van der Waals surface area contributed by atoms with E-state index in [4.69, 9.17) is 0 Å². The highest BCUT2D eigenvalue weighted by atomic mass is 16.2. The maximum atomic E-state index is 11.2. The molecule has 0 bridgehead atoms. The van der Waals surface area contributed by atoms with Crippen LogP contribution in [0.25, 0.3) is 0 Å². The average Bonchev–Trinajstić information content (AvgIpc) is 2.60. The number of hydrogen-bond donors (Lipinski definition) is 1. The summed E-state index contributed by atoms with van der Waals surface area (Å²) in [6.45, 7) is 4.71. The van der Waals surface area contributed by atoms with Crippen LogP contribution in [0, 0.1) is 0 Å². The highest BCUT2D eigenvalue weighted by Gasteiger charge is 2.22. The van der Waals surface area contributed by atoms with Gasteiger partial charge in [-0.05, 0) is 6.08 Å². The molecule has 4 nitrogen and oxygen atoms in total. The molecule has 0 atom stereocenters. The molecule has 1 amide bonds. The summed E-state index contributed by atoms with van der Waals surface area (Å²) in [5, 5.41) is 6.72. The monoisotopic (exact) mass is 163 g/mol. The number of carbonyl (C=O) groups is 1. The van der Waals surface area contributed by atoms with E-state index in [-0.39, 0.29) is 5.91 Å². The Morgan fingerprint density at radius 1 is 1.75 bits per heavy atom. The first-order valence-corrected chi connectivity index (χ1v) is 3.73. The van der Waals surface area contributed by atoms with Crippen molar-refractivity contribution >= 4 is 5.91 Å². The topological polar surface area (TPSA) is 49.0 Å². The summed E-state index contributed by atoms with van der Waals surface area (Å²) in [7, 11) is 0. The normalized spacial score (nSPS) is 14.5. The van der Waals surface area contributed by atoms with Crippen LogP contribution in [-0.4, -0.2) is 21.0 Å². The lowest BCUT2D eigenvalue weighted by Gasteiger charge is -2.11. The molecule has 1 N–H and O–H groups in total. The van der Waals surface area contributed by atoms with E-state index in [1.54, 1.807) is 11.1 Å². The molecule has 0 aromatic carbocycles. The first kappa shape index (κ1) is 7.09. The van der Waals surface area contributed by atoms with Crippen LogP contribution in [0.1, 0.15) is 11.3 Å². The van der Waals surface area contributed by atoms with Crippen molar-refractivity contribution in [2.75, 3.05) is 0 Å². The molecule has 0 spiro atoms. The fourth-order valence-electron chi connectivity index (χ4n) is 1.35. The van der Waals surface area contributed by atoms with Gasteiger partial charge in [0.05, 0.1) is 18.4 Å². The lowest BCUT2D eigenvalue weighted by molar-refractivity contribution is -0.126. The number of nitrogens with one attached hydrogen (secondary N) is 1. The van der Waals surface area contributed by atoms with Gasteiger partial charge in [0, 0.05) is 12.1 Å². The van der Waals surface area contributed by atoms with Crippen LogP contribution in [0.4, 0.5) is 0 Å². The summed E-state index contributed by atoms with van der Waals surface area (Å²) < 4.78 is 0. The molecule has 4 heteroatoms. The van der Waals surface area contributed by atoms with Crippen molar-refractivity contribution in [1.29, 1.82) is 0 Å². The van der Waals surface area contributed by atoms with Crippen molar-refractivity contribution < 1.29 is 4.79 Å². The zero-order valence-corrected chi connectivity index (χ0v) is 6.58. The van der Waals surface area contributed by atoms with Gasteiger partial charge < -0.3 is 4.90 Å². The van der Waals surface area contributed by atoms with Crippen LogP contribution in [-0.2, 0) is 17.9 Å². The Morgan fingerprint density at radius 3 is 3.25 bits per heavy atom. The fourth-order valence-corrected chi connectivity index (χ4v) is 1.35. The first-order valence-electron chi connectivity index (χ1n) is 3.73. The van der Waals surface area contributed by atoms with Gasteiger partial charge in [-0.1, -0.05) is 6.58 Å². The third-order valence-electron chi connectivity index (χ3n) is 2.00. The number of fused-ring (bicyclic) bond motifs is 1. The quantitative estimate of drug-likeness (QED) is 0.610. The smallest absolute Gasteiger partial charge is 0.246 e. The largest absolute Gasteiger partial charge is 0.329 e. The number of carbonyl (C=O) groups excluding carboxylic acids is 1. The molecule has 0 unspecified atom stereocenters. The molecule has 1 aliphatic heterocycles. The third-order valence-corrected chi connectivity index (χ3v) is 2.00. The van der Waals surface area contributed by atoms with Crippen molar-refractivity contribution in [3.63, 3.8) is 0 Å². The minimum absolute atomic E-state index is 0.0281. The van der Waals surface area contributed by atoms with Crippen molar-refractivity contribution in [3.8, 4) is 0 Å². The molecular weight excluding hydrogens is 154 g/mol. The standard InChI is InChI=1S/C8H9N3O/c1-2-8(12)11-4-6-3-9-10-7(6)5-11/h2-3H,1,4-5H2,(H,9,10). The van der Waals surface area contributed by atoms with E-state index in [2.05, 4.69) is 16.8 Å². The van der Waals surface area contributed by atoms with Crippen LogP contribution in [0.3, 0.4) is 0 Å². The van der Waals surface area contributed by atoms with Gasteiger partial charge >= 0.3 is 0 Å². The van der Waals surface area contributed by atoms with Crippen molar-refractivity contribution in [3.05, 3.63) is 30.1 Å². The summed E-state index contributed by atoms with van der Waals surface area (Å²) in [4.78, 5) is 12.9. The maximum absolute atomic E-state index is 11.2. The van der Waals surface area contributed by atoms with Gasteiger partial charge in [-0.15, -0.1) is 0 Å².